The first kappa shape index (κ1) is 33.2. The number of aryl methyl sites for hydroxylation is 5. The van der Waals surface area contributed by atoms with Crippen molar-refractivity contribution in [3.63, 3.8) is 0 Å². The zero-order valence-corrected chi connectivity index (χ0v) is 30.9. The molecule has 1 N–H and O–H groups in total. The topological polar surface area (TPSA) is 50.9 Å². The summed E-state index contributed by atoms with van der Waals surface area (Å²) in [4.78, 5) is 10.3. The van der Waals surface area contributed by atoms with E-state index in [2.05, 4.69) is 150 Å². The van der Waals surface area contributed by atoms with Crippen molar-refractivity contribution >= 4 is 21.9 Å². The number of phenolic OH excluding ortho intramolecular Hbond substituents is 1. The molecule has 52 heavy (non-hydrogen) atoms. The molecule has 256 valence electrons. The Bertz CT molecular complexity index is 2630. The van der Waals surface area contributed by atoms with Gasteiger partial charge in [-0.25, -0.2) is 4.98 Å². The van der Waals surface area contributed by atoms with Gasteiger partial charge in [-0.3, -0.25) is 9.55 Å². The number of para-hydroxylation sites is 2. The molecule has 2 aromatic heterocycles. The molecule has 0 bridgehead atoms. The lowest BCUT2D eigenvalue weighted by Gasteiger charge is -2.17. The number of rotatable bonds is 6. The van der Waals surface area contributed by atoms with E-state index in [1.54, 1.807) is 0 Å². The number of benzene rings is 6. The highest BCUT2D eigenvalue weighted by atomic mass is 16.3. The van der Waals surface area contributed by atoms with E-state index in [9.17, 15) is 5.11 Å². The van der Waals surface area contributed by atoms with Gasteiger partial charge in [0, 0.05) is 22.7 Å². The molecule has 2 heterocycles. The second kappa shape index (κ2) is 13.0. The van der Waals surface area contributed by atoms with Gasteiger partial charge in [-0.2, -0.15) is 0 Å². The summed E-state index contributed by atoms with van der Waals surface area (Å²) >= 11 is 0. The molecule has 0 saturated carbocycles. The van der Waals surface area contributed by atoms with E-state index in [0.717, 1.165) is 78.0 Å². The monoisotopic (exact) mass is 677 g/mol. The first-order valence-corrected chi connectivity index (χ1v) is 18.1. The minimum Gasteiger partial charge on any atom is -0.507 e. The summed E-state index contributed by atoms with van der Waals surface area (Å²) in [7, 11) is 0. The number of pyridine rings is 1. The van der Waals surface area contributed by atoms with Crippen LogP contribution >= 0.6 is 0 Å². The number of nitrogens with zero attached hydrogens (tertiary/aromatic N) is 3. The highest BCUT2D eigenvalue weighted by Gasteiger charge is 2.23. The van der Waals surface area contributed by atoms with Gasteiger partial charge in [0.1, 0.15) is 11.6 Å². The Morgan fingerprint density at radius 1 is 0.577 bits per heavy atom. The summed E-state index contributed by atoms with van der Waals surface area (Å²) in [6.45, 7) is 15.1. The quantitative estimate of drug-likeness (QED) is 0.191. The number of aromatic nitrogens is 3. The highest BCUT2D eigenvalue weighted by Crippen LogP contribution is 2.42. The predicted octanol–water partition coefficient (Wildman–Crippen LogP) is 12.6. The molecule has 8 aromatic rings. The number of hydrogen-bond acceptors (Lipinski definition) is 3. The Balaban J connectivity index is 1.45. The number of hydrogen-bond donors (Lipinski definition) is 1. The van der Waals surface area contributed by atoms with Crippen LogP contribution in [-0.4, -0.2) is 19.6 Å². The Kier molecular flexibility index (Phi) is 8.26. The summed E-state index contributed by atoms with van der Waals surface area (Å²) in [5.74, 6) is 1.24. The van der Waals surface area contributed by atoms with Gasteiger partial charge in [-0.1, -0.05) is 92.2 Å². The van der Waals surface area contributed by atoms with E-state index in [4.69, 9.17) is 9.97 Å². The van der Waals surface area contributed by atoms with Crippen LogP contribution in [-0.2, 0) is 0 Å². The summed E-state index contributed by atoms with van der Waals surface area (Å²) in [5, 5.41) is 12.7. The third-order valence-corrected chi connectivity index (χ3v) is 10.4. The second-order valence-electron chi connectivity index (χ2n) is 14.6. The SMILES string of the molecule is Cc1cc(C)c(-n2c(-c3ccc(C(C)C)cc3O)nc3c(-c4cc(-c5c(C)cccc5C)cc(-c5cccc6cccnc56)c4)cccc32)c(C)c1. The van der Waals surface area contributed by atoms with Crippen LogP contribution in [0.15, 0.2) is 121 Å². The average Bonchev–Trinajstić information content (AvgIpc) is 3.49. The van der Waals surface area contributed by atoms with Gasteiger partial charge in [0.05, 0.1) is 27.8 Å². The molecule has 0 aliphatic rings. The highest BCUT2D eigenvalue weighted by molar-refractivity contribution is 6.00. The maximum Gasteiger partial charge on any atom is 0.149 e. The number of phenols is 1. The van der Waals surface area contributed by atoms with Crippen molar-refractivity contribution in [3.05, 3.63) is 155 Å². The van der Waals surface area contributed by atoms with Gasteiger partial charge in [0.2, 0.25) is 0 Å². The second-order valence-corrected chi connectivity index (χ2v) is 14.6. The Labute approximate surface area is 306 Å². The number of imidazole rings is 1. The molecule has 8 rings (SSSR count). The van der Waals surface area contributed by atoms with Crippen LogP contribution in [0.4, 0.5) is 0 Å². The Morgan fingerprint density at radius 3 is 1.87 bits per heavy atom. The maximum absolute atomic E-state index is 11.6. The van der Waals surface area contributed by atoms with E-state index in [0.29, 0.717) is 11.5 Å². The van der Waals surface area contributed by atoms with Gasteiger partial charge < -0.3 is 5.11 Å². The van der Waals surface area contributed by atoms with Gasteiger partial charge in [-0.05, 0) is 133 Å². The maximum atomic E-state index is 11.6. The Morgan fingerprint density at radius 2 is 1.19 bits per heavy atom. The van der Waals surface area contributed by atoms with Gasteiger partial charge in [0.15, 0.2) is 0 Å². The predicted molar refractivity (Wildman–Crippen MR) is 218 cm³/mol. The van der Waals surface area contributed by atoms with E-state index < -0.39 is 0 Å². The lowest BCUT2D eigenvalue weighted by atomic mass is 9.89. The van der Waals surface area contributed by atoms with Crippen molar-refractivity contribution in [2.24, 2.45) is 0 Å². The fourth-order valence-electron chi connectivity index (χ4n) is 8.05. The molecular formula is C48H43N3O. The van der Waals surface area contributed by atoms with Crippen LogP contribution in [0.5, 0.6) is 5.75 Å². The largest absolute Gasteiger partial charge is 0.507 e. The molecule has 0 saturated heterocycles. The summed E-state index contributed by atoms with van der Waals surface area (Å²) in [5.41, 5.74) is 18.4. The molecule has 4 heteroatoms. The molecule has 0 spiro atoms. The van der Waals surface area contributed by atoms with Crippen molar-refractivity contribution in [1.29, 1.82) is 0 Å². The van der Waals surface area contributed by atoms with Crippen molar-refractivity contribution in [2.45, 2.75) is 54.4 Å². The fraction of sp³-hybridized carbons (Fsp3) is 0.167. The molecule has 0 aliphatic heterocycles. The molecule has 6 aromatic carbocycles. The van der Waals surface area contributed by atoms with Crippen LogP contribution in [0.3, 0.4) is 0 Å². The summed E-state index contributed by atoms with van der Waals surface area (Å²) in [6.07, 6.45) is 1.87. The number of aromatic hydroxyl groups is 1. The van der Waals surface area contributed by atoms with Crippen LogP contribution in [0.25, 0.3) is 72.4 Å². The van der Waals surface area contributed by atoms with E-state index >= 15 is 0 Å². The van der Waals surface area contributed by atoms with Crippen LogP contribution in [0.2, 0.25) is 0 Å². The fourth-order valence-corrected chi connectivity index (χ4v) is 8.05. The number of fused-ring (bicyclic) bond motifs is 2. The van der Waals surface area contributed by atoms with E-state index in [1.165, 1.54) is 22.3 Å². The van der Waals surface area contributed by atoms with Gasteiger partial charge >= 0.3 is 0 Å². The first-order valence-electron chi connectivity index (χ1n) is 18.1. The zero-order chi connectivity index (χ0) is 36.3. The molecule has 0 atom stereocenters. The molecule has 4 nitrogen and oxygen atoms in total. The minimum absolute atomic E-state index is 0.231. The molecule has 0 aliphatic carbocycles. The molecule has 0 radical (unpaired) electrons. The molecular weight excluding hydrogens is 635 g/mol. The van der Waals surface area contributed by atoms with E-state index in [-0.39, 0.29) is 5.75 Å². The third kappa shape index (κ3) is 5.65. The van der Waals surface area contributed by atoms with Crippen molar-refractivity contribution in [3.8, 4) is 56.2 Å². The van der Waals surface area contributed by atoms with E-state index in [1.807, 2.05) is 24.4 Å². The lowest BCUT2D eigenvalue weighted by molar-refractivity contribution is 0.475. The zero-order valence-electron chi connectivity index (χ0n) is 30.9. The van der Waals surface area contributed by atoms with Crippen molar-refractivity contribution < 1.29 is 5.11 Å². The Hall–Kier alpha value is -6.00. The van der Waals surface area contributed by atoms with Gasteiger partial charge in [-0.15, -0.1) is 0 Å². The first-order chi connectivity index (χ1) is 25.1. The lowest BCUT2D eigenvalue weighted by Crippen LogP contribution is -2.03. The average molecular weight is 678 g/mol. The summed E-state index contributed by atoms with van der Waals surface area (Å²) in [6, 6.07) is 40.8. The van der Waals surface area contributed by atoms with Crippen LogP contribution < -0.4 is 0 Å². The smallest absolute Gasteiger partial charge is 0.149 e. The molecule has 0 unspecified atom stereocenters. The van der Waals surface area contributed by atoms with Crippen LogP contribution in [0, 0.1) is 34.6 Å². The molecule has 0 amide bonds. The molecule has 0 fully saturated rings. The van der Waals surface area contributed by atoms with Crippen molar-refractivity contribution in [2.75, 3.05) is 0 Å². The third-order valence-electron chi connectivity index (χ3n) is 10.4. The standard InChI is InChI=1S/C48H43N3O/c1-28(2)35-19-20-41(43(52)27-35)48-50-46-40(17-10-18-42(46)51(48)47-32(6)22-29(3)23-33(47)7)37-24-36(39-16-9-14-34-15-11-21-49-45(34)39)25-38(26-37)44-30(4)12-8-13-31(44)5/h8-28,52H,1-7H3. The summed E-state index contributed by atoms with van der Waals surface area (Å²) < 4.78 is 2.25. The van der Waals surface area contributed by atoms with Crippen molar-refractivity contribution in [1.82, 2.24) is 14.5 Å². The van der Waals surface area contributed by atoms with Gasteiger partial charge in [0.25, 0.3) is 0 Å². The van der Waals surface area contributed by atoms with Crippen LogP contribution in [0.1, 0.15) is 53.1 Å². The normalized spacial score (nSPS) is 11.6. The minimum atomic E-state index is 0.231.